The quantitative estimate of drug-likeness (QED) is 0.485. The van der Waals surface area contributed by atoms with Crippen molar-refractivity contribution in [2.75, 3.05) is 0 Å². The number of nitrogens with zero attached hydrogens (tertiary/aromatic N) is 1. The van der Waals surface area contributed by atoms with Crippen molar-refractivity contribution in [2.45, 2.75) is 26.7 Å². The van der Waals surface area contributed by atoms with E-state index in [0.717, 1.165) is 27.8 Å². The standard InChI is InChI=1S/C12H16ClN3O/c1-7-4-8(2)11(6-15-16-12(14)17)9(3)10(7)5-13/h4,6H,5H2,1-3H3,(H3,14,16,17)/b15-6+. The molecule has 0 bridgehead atoms. The number of carbonyl (C=O) groups is 1. The number of carbonyl (C=O) groups excluding carboxylic acids is 1. The van der Waals surface area contributed by atoms with Crippen LogP contribution >= 0.6 is 11.6 Å². The average molecular weight is 254 g/mol. The minimum absolute atomic E-state index is 0.460. The number of hydrogen-bond donors (Lipinski definition) is 2. The van der Waals surface area contributed by atoms with Crippen LogP contribution in [0.4, 0.5) is 4.79 Å². The molecule has 3 N–H and O–H groups in total. The molecule has 92 valence electrons. The monoisotopic (exact) mass is 253 g/mol. The molecule has 1 rings (SSSR count). The van der Waals surface area contributed by atoms with Gasteiger partial charge in [-0.1, -0.05) is 6.07 Å². The van der Waals surface area contributed by atoms with E-state index in [0.29, 0.717) is 5.88 Å². The third kappa shape index (κ3) is 3.20. The number of urea groups is 1. The number of primary amides is 1. The molecule has 17 heavy (non-hydrogen) atoms. The first-order chi connectivity index (χ1) is 7.97. The minimum Gasteiger partial charge on any atom is -0.350 e. The molecular formula is C12H16ClN3O. The summed E-state index contributed by atoms with van der Waals surface area (Å²) in [5.74, 6) is 0.460. The highest BCUT2D eigenvalue weighted by Gasteiger charge is 2.08. The Balaban J connectivity index is 3.15. The van der Waals surface area contributed by atoms with Crippen LogP contribution < -0.4 is 11.2 Å². The first kappa shape index (κ1) is 13.5. The molecule has 4 nitrogen and oxygen atoms in total. The van der Waals surface area contributed by atoms with Gasteiger partial charge in [-0.3, -0.25) is 0 Å². The molecule has 0 saturated heterocycles. The molecule has 0 fully saturated rings. The summed E-state index contributed by atoms with van der Waals surface area (Å²) < 4.78 is 0. The summed E-state index contributed by atoms with van der Waals surface area (Å²) in [7, 11) is 0. The van der Waals surface area contributed by atoms with Crippen LogP contribution in [0, 0.1) is 20.8 Å². The van der Waals surface area contributed by atoms with Gasteiger partial charge in [-0.25, -0.2) is 10.2 Å². The molecule has 0 aliphatic carbocycles. The third-order valence-corrected chi connectivity index (χ3v) is 2.96. The lowest BCUT2D eigenvalue weighted by Crippen LogP contribution is -2.24. The van der Waals surface area contributed by atoms with Gasteiger partial charge in [0.1, 0.15) is 0 Å². The van der Waals surface area contributed by atoms with Gasteiger partial charge in [-0.05, 0) is 43.0 Å². The molecular weight excluding hydrogens is 238 g/mol. The first-order valence-electron chi connectivity index (χ1n) is 5.21. The first-order valence-corrected chi connectivity index (χ1v) is 5.75. The summed E-state index contributed by atoms with van der Waals surface area (Å²) >= 11 is 5.91. The second kappa shape index (κ2) is 5.68. The van der Waals surface area contributed by atoms with Crippen molar-refractivity contribution >= 4 is 23.8 Å². The largest absolute Gasteiger partial charge is 0.350 e. The normalized spacial score (nSPS) is 10.8. The van der Waals surface area contributed by atoms with Gasteiger partial charge >= 0.3 is 6.03 Å². The van der Waals surface area contributed by atoms with Crippen molar-refractivity contribution in [2.24, 2.45) is 10.8 Å². The second-order valence-electron chi connectivity index (χ2n) is 3.90. The van der Waals surface area contributed by atoms with Crippen LogP contribution in [0.15, 0.2) is 11.2 Å². The van der Waals surface area contributed by atoms with Gasteiger partial charge in [0.2, 0.25) is 0 Å². The number of hydrogen-bond acceptors (Lipinski definition) is 2. The Kier molecular flexibility index (Phi) is 4.52. The Bertz CT molecular complexity index is 469. The lowest BCUT2D eigenvalue weighted by molar-refractivity contribution is 0.249. The molecule has 0 radical (unpaired) electrons. The number of nitrogens with two attached hydrogens (primary N) is 1. The zero-order valence-electron chi connectivity index (χ0n) is 10.2. The number of rotatable bonds is 3. The Morgan fingerprint density at radius 1 is 1.47 bits per heavy atom. The molecule has 2 amide bonds. The van der Waals surface area contributed by atoms with E-state index in [1.165, 1.54) is 0 Å². The van der Waals surface area contributed by atoms with Gasteiger partial charge in [-0.2, -0.15) is 5.10 Å². The van der Waals surface area contributed by atoms with Crippen molar-refractivity contribution in [3.05, 3.63) is 33.9 Å². The summed E-state index contributed by atoms with van der Waals surface area (Å²) in [6.45, 7) is 6.01. The van der Waals surface area contributed by atoms with Crippen molar-refractivity contribution in [1.29, 1.82) is 0 Å². The maximum Gasteiger partial charge on any atom is 0.332 e. The van der Waals surface area contributed by atoms with Gasteiger partial charge in [0.25, 0.3) is 0 Å². The van der Waals surface area contributed by atoms with Gasteiger partial charge < -0.3 is 5.73 Å². The number of halogens is 1. The number of aryl methyl sites for hydroxylation is 2. The SMILES string of the molecule is Cc1cc(C)c(CCl)c(C)c1/C=N/NC(N)=O. The summed E-state index contributed by atoms with van der Waals surface area (Å²) in [6.07, 6.45) is 1.59. The Labute approximate surface area is 106 Å². The average Bonchev–Trinajstić information content (AvgIpc) is 2.22. The van der Waals surface area contributed by atoms with Gasteiger partial charge in [0, 0.05) is 11.4 Å². The molecule has 0 aliphatic rings. The van der Waals surface area contributed by atoms with Gasteiger partial charge in [-0.15, -0.1) is 11.6 Å². The summed E-state index contributed by atoms with van der Waals surface area (Å²) in [5.41, 5.74) is 12.5. The molecule has 0 aromatic heterocycles. The van der Waals surface area contributed by atoms with Crippen LogP contribution in [0.3, 0.4) is 0 Å². The highest BCUT2D eigenvalue weighted by molar-refractivity contribution is 6.17. The van der Waals surface area contributed by atoms with Crippen molar-refractivity contribution < 1.29 is 4.79 Å². The molecule has 0 saturated carbocycles. The lowest BCUT2D eigenvalue weighted by atomic mass is 9.95. The van der Waals surface area contributed by atoms with Gasteiger partial charge in [0.05, 0.1) is 6.21 Å². The molecule has 1 aromatic rings. The summed E-state index contributed by atoms with van der Waals surface area (Å²) in [4.78, 5) is 10.5. The second-order valence-corrected chi connectivity index (χ2v) is 4.16. The molecule has 0 heterocycles. The van der Waals surface area contributed by atoms with E-state index in [1.807, 2.05) is 20.8 Å². The zero-order chi connectivity index (χ0) is 13.0. The molecule has 1 aromatic carbocycles. The smallest absolute Gasteiger partial charge is 0.332 e. The summed E-state index contributed by atoms with van der Waals surface area (Å²) in [5, 5.41) is 3.78. The summed E-state index contributed by atoms with van der Waals surface area (Å²) in [6, 6.07) is 1.37. The number of nitrogens with one attached hydrogen (secondary N) is 1. The third-order valence-electron chi connectivity index (χ3n) is 2.69. The topological polar surface area (TPSA) is 67.5 Å². The van der Waals surface area contributed by atoms with Crippen molar-refractivity contribution in [3.63, 3.8) is 0 Å². The number of benzene rings is 1. The molecule has 0 unspecified atom stereocenters. The van der Waals surface area contributed by atoms with Crippen LogP contribution in [-0.4, -0.2) is 12.2 Å². The Hall–Kier alpha value is -1.55. The fraction of sp³-hybridized carbons (Fsp3) is 0.333. The van der Waals surface area contributed by atoms with E-state index in [9.17, 15) is 4.79 Å². The minimum atomic E-state index is -0.679. The molecule has 5 heteroatoms. The molecule has 0 aliphatic heterocycles. The highest BCUT2D eigenvalue weighted by Crippen LogP contribution is 2.22. The van der Waals surface area contributed by atoms with Crippen LogP contribution in [0.5, 0.6) is 0 Å². The van der Waals surface area contributed by atoms with Crippen LogP contribution in [0.1, 0.15) is 27.8 Å². The fourth-order valence-electron chi connectivity index (χ4n) is 1.81. The van der Waals surface area contributed by atoms with Crippen LogP contribution in [0.2, 0.25) is 0 Å². The van der Waals surface area contributed by atoms with E-state index >= 15 is 0 Å². The van der Waals surface area contributed by atoms with E-state index in [4.69, 9.17) is 17.3 Å². The maximum absolute atomic E-state index is 10.5. The zero-order valence-corrected chi connectivity index (χ0v) is 10.9. The van der Waals surface area contributed by atoms with E-state index < -0.39 is 6.03 Å². The Morgan fingerprint density at radius 2 is 2.12 bits per heavy atom. The fourth-order valence-corrected chi connectivity index (χ4v) is 2.22. The number of amides is 2. The van der Waals surface area contributed by atoms with E-state index in [2.05, 4.69) is 16.6 Å². The van der Waals surface area contributed by atoms with Crippen LogP contribution in [0.25, 0.3) is 0 Å². The number of hydrazone groups is 1. The Morgan fingerprint density at radius 3 is 2.65 bits per heavy atom. The van der Waals surface area contributed by atoms with Crippen LogP contribution in [-0.2, 0) is 5.88 Å². The van der Waals surface area contributed by atoms with Crippen molar-refractivity contribution in [1.82, 2.24) is 5.43 Å². The van der Waals surface area contributed by atoms with E-state index in [-0.39, 0.29) is 0 Å². The van der Waals surface area contributed by atoms with Gasteiger partial charge in [0.15, 0.2) is 0 Å². The predicted octanol–water partition coefficient (Wildman–Crippen LogP) is 2.35. The lowest BCUT2D eigenvalue weighted by Gasteiger charge is -2.12. The van der Waals surface area contributed by atoms with E-state index in [1.54, 1.807) is 6.21 Å². The molecule has 0 spiro atoms. The maximum atomic E-state index is 10.5. The molecule has 0 atom stereocenters. The highest BCUT2D eigenvalue weighted by atomic mass is 35.5. The predicted molar refractivity (Wildman–Crippen MR) is 70.5 cm³/mol. The number of alkyl halides is 1. The van der Waals surface area contributed by atoms with Crippen molar-refractivity contribution in [3.8, 4) is 0 Å².